The minimum absolute atomic E-state index is 0.105. The van der Waals surface area contributed by atoms with Gasteiger partial charge in [0, 0.05) is 25.7 Å². The third-order valence-electron chi connectivity index (χ3n) is 17.7. The molecule has 0 aliphatic carbocycles. The second-order valence-corrected chi connectivity index (χ2v) is 31.1. The van der Waals surface area contributed by atoms with Crippen molar-refractivity contribution in [2.24, 2.45) is 17.8 Å². The van der Waals surface area contributed by atoms with Gasteiger partial charge in [0.15, 0.2) is 12.2 Å². The summed E-state index contributed by atoms with van der Waals surface area (Å²) in [6.45, 7) is 11.9. The van der Waals surface area contributed by atoms with Crippen LogP contribution in [-0.4, -0.2) is 96.7 Å². The van der Waals surface area contributed by atoms with Crippen LogP contribution in [0.4, 0.5) is 0 Å². The van der Waals surface area contributed by atoms with Crippen molar-refractivity contribution in [3.8, 4) is 0 Å². The van der Waals surface area contributed by atoms with Gasteiger partial charge in [0.2, 0.25) is 0 Å². The summed E-state index contributed by atoms with van der Waals surface area (Å²) in [6.07, 6.45) is 51.7. The maximum Gasteiger partial charge on any atom is 0.472 e. The lowest BCUT2D eigenvalue weighted by Crippen LogP contribution is -2.30. The molecule has 0 aromatic rings. The van der Waals surface area contributed by atoms with Gasteiger partial charge >= 0.3 is 39.5 Å². The molecule has 0 aliphatic heterocycles. The number of rotatable bonds is 73. The van der Waals surface area contributed by atoms with Gasteiger partial charge in [-0.1, -0.05) is 331 Å². The highest BCUT2D eigenvalue weighted by molar-refractivity contribution is 7.47. The molecule has 19 heteroatoms. The second-order valence-electron chi connectivity index (χ2n) is 28.2. The monoisotopic (exact) mass is 1380 g/mol. The van der Waals surface area contributed by atoms with E-state index >= 15 is 0 Å². The Morgan fingerprint density at radius 1 is 0.309 bits per heavy atom. The molecule has 17 nitrogen and oxygen atoms in total. The Balaban J connectivity index is 5.15. The summed E-state index contributed by atoms with van der Waals surface area (Å²) in [6, 6.07) is 0. The van der Waals surface area contributed by atoms with Gasteiger partial charge in [0.05, 0.1) is 26.4 Å². The molecular formula is C75H146O17P2. The van der Waals surface area contributed by atoms with E-state index in [9.17, 15) is 43.2 Å². The first-order valence-electron chi connectivity index (χ1n) is 38.9. The van der Waals surface area contributed by atoms with E-state index in [1.165, 1.54) is 186 Å². The highest BCUT2D eigenvalue weighted by Gasteiger charge is 2.30. The molecule has 0 rings (SSSR count). The molecule has 558 valence electrons. The molecule has 0 radical (unpaired) electrons. The number of carbonyl (C=O) groups excluding carboxylic acids is 4. The summed E-state index contributed by atoms with van der Waals surface area (Å²) >= 11 is 0. The Morgan fingerprint density at radius 3 is 0.809 bits per heavy atom. The molecule has 3 unspecified atom stereocenters. The van der Waals surface area contributed by atoms with Crippen molar-refractivity contribution in [3.63, 3.8) is 0 Å². The third-order valence-corrected chi connectivity index (χ3v) is 19.6. The molecule has 0 saturated heterocycles. The van der Waals surface area contributed by atoms with Gasteiger partial charge in [0.25, 0.3) is 0 Å². The summed E-state index contributed by atoms with van der Waals surface area (Å²) in [7, 11) is -9.90. The lowest BCUT2D eigenvalue weighted by Gasteiger charge is -2.21. The Morgan fingerprint density at radius 2 is 0.543 bits per heavy atom. The Bertz CT molecular complexity index is 1840. The van der Waals surface area contributed by atoms with Gasteiger partial charge in [-0.2, -0.15) is 0 Å². The number of aliphatic hydroxyl groups is 1. The summed E-state index contributed by atoms with van der Waals surface area (Å²) in [5.74, 6) is 0.274. The topological polar surface area (TPSA) is 237 Å². The average molecular weight is 1380 g/mol. The van der Waals surface area contributed by atoms with Crippen LogP contribution in [0.15, 0.2) is 0 Å². The molecule has 0 amide bonds. The number of hydrogen-bond donors (Lipinski definition) is 3. The normalized spacial score (nSPS) is 14.4. The largest absolute Gasteiger partial charge is 0.472 e. The molecule has 0 bridgehead atoms. The van der Waals surface area contributed by atoms with Crippen LogP contribution in [0.1, 0.15) is 382 Å². The third kappa shape index (κ3) is 67.3. The molecule has 0 aliphatic rings. The molecule has 0 saturated carbocycles. The van der Waals surface area contributed by atoms with Crippen LogP contribution in [0.5, 0.6) is 0 Å². The molecular weight excluding hydrogens is 1230 g/mol. The molecule has 3 N–H and O–H groups in total. The van der Waals surface area contributed by atoms with Gasteiger partial charge in [-0.25, -0.2) is 9.13 Å². The van der Waals surface area contributed by atoms with Gasteiger partial charge in [0.1, 0.15) is 19.3 Å². The zero-order chi connectivity index (χ0) is 69.4. The van der Waals surface area contributed by atoms with Crippen molar-refractivity contribution in [2.45, 2.75) is 401 Å². The molecule has 0 aromatic heterocycles. The number of carbonyl (C=O) groups is 4. The number of phosphoric ester groups is 2. The van der Waals surface area contributed by atoms with Crippen molar-refractivity contribution in [2.75, 3.05) is 39.6 Å². The molecule has 0 fully saturated rings. The van der Waals surface area contributed by atoms with Gasteiger partial charge in [-0.15, -0.1) is 0 Å². The summed E-state index contributed by atoms with van der Waals surface area (Å²) in [5, 5.41) is 10.6. The summed E-state index contributed by atoms with van der Waals surface area (Å²) < 4.78 is 68.3. The fourth-order valence-corrected chi connectivity index (χ4v) is 13.0. The fraction of sp³-hybridized carbons (Fsp3) is 0.947. The number of ether oxygens (including phenoxy) is 4. The Hall–Kier alpha value is -1.94. The second kappa shape index (κ2) is 65.7. The van der Waals surface area contributed by atoms with Crippen molar-refractivity contribution < 1.29 is 80.2 Å². The van der Waals surface area contributed by atoms with Crippen LogP contribution in [-0.2, 0) is 65.4 Å². The van der Waals surface area contributed by atoms with Crippen LogP contribution in [0.2, 0.25) is 0 Å². The highest BCUT2D eigenvalue weighted by atomic mass is 31.2. The molecule has 0 spiro atoms. The Labute approximate surface area is 575 Å². The van der Waals surface area contributed by atoms with Gasteiger partial charge < -0.3 is 33.8 Å². The summed E-state index contributed by atoms with van der Waals surface area (Å²) in [4.78, 5) is 72.5. The molecule has 94 heavy (non-hydrogen) atoms. The minimum Gasteiger partial charge on any atom is -0.462 e. The van der Waals surface area contributed by atoms with E-state index in [4.69, 9.17) is 37.0 Å². The standard InChI is InChI=1S/C75H146O17P2/c1-8-10-11-39-49-56-72(77)85-62-70(91-74(79)59-52-45-38-32-26-25-29-35-42-48-55-68(7)9-2)64-89-93(81,82)87-60-69(76)61-88-94(83,84)90-65-71(63-86-73(78)57-50-43-36-30-23-20-16-18-22-28-34-41-47-54-67(5)6)92-75(80)58-51-44-37-31-24-19-15-13-12-14-17-21-27-33-40-46-53-66(3)4/h66-71,76H,8-65H2,1-7H3,(H,81,82)(H,83,84)/t68?,69-,70+,71+/m0/s1. The summed E-state index contributed by atoms with van der Waals surface area (Å²) in [5.41, 5.74) is 0. The van der Waals surface area contributed by atoms with E-state index in [0.717, 1.165) is 114 Å². The number of unbranched alkanes of at least 4 members (excludes halogenated alkanes) is 40. The number of hydrogen-bond acceptors (Lipinski definition) is 15. The molecule has 0 aromatic carbocycles. The predicted octanol–water partition coefficient (Wildman–Crippen LogP) is 21.8. The lowest BCUT2D eigenvalue weighted by molar-refractivity contribution is -0.161. The zero-order valence-electron chi connectivity index (χ0n) is 61.4. The number of phosphoric acid groups is 2. The zero-order valence-corrected chi connectivity index (χ0v) is 63.2. The molecule has 6 atom stereocenters. The predicted molar refractivity (Wildman–Crippen MR) is 381 cm³/mol. The van der Waals surface area contributed by atoms with E-state index in [0.29, 0.717) is 25.7 Å². The van der Waals surface area contributed by atoms with Crippen LogP contribution < -0.4 is 0 Å². The van der Waals surface area contributed by atoms with Crippen molar-refractivity contribution in [1.29, 1.82) is 0 Å². The molecule has 0 heterocycles. The van der Waals surface area contributed by atoms with E-state index in [1.807, 2.05) is 0 Å². The smallest absolute Gasteiger partial charge is 0.462 e. The van der Waals surface area contributed by atoms with E-state index < -0.39 is 97.5 Å². The SMILES string of the molecule is CCCCCCCC(=O)OC[C@H](COP(=O)(O)OC[C@H](O)COP(=O)(O)OC[C@@H](COC(=O)CCCCCCCCCCCCCCCC(C)C)OC(=O)CCCCCCCCCCCCCCCCCCC(C)C)OC(=O)CCCCCCCCCCCCC(C)CC. The first-order chi connectivity index (χ1) is 45.3. The average Bonchev–Trinajstić information content (AvgIpc) is 1.61. The first kappa shape index (κ1) is 92.1. The van der Waals surface area contributed by atoms with Crippen molar-refractivity contribution >= 4 is 39.5 Å². The van der Waals surface area contributed by atoms with Gasteiger partial charge in [-0.3, -0.25) is 37.3 Å². The van der Waals surface area contributed by atoms with Crippen molar-refractivity contribution in [1.82, 2.24) is 0 Å². The van der Waals surface area contributed by atoms with Crippen LogP contribution in [0, 0.1) is 17.8 Å². The van der Waals surface area contributed by atoms with Crippen LogP contribution in [0.25, 0.3) is 0 Å². The van der Waals surface area contributed by atoms with E-state index in [-0.39, 0.29) is 25.7 Å². The van der Waals surface area contributed by atoms with Crippen molar-refractivity contribution in [3.05, 3.63) is 0 Å². The minimum atomic E-state index is -4.96. The maximum absolute atomic E-state index is 13.1. The van der Waals surface area contributed by atoms with E-state index in [2.05, 4.69) is 48.5 Å². The first-order valence-corrected chi connectivity index (χ1v) is 41.9. The highest BCUT2D eigenvalue weighted by Crippen LogP contribution is 2.45. The Kier molecular flexibility index (Phi) is 64.3. The van der Waals surface area contributed by atoms with Crippen LogP contribution >= 0.6 is 15.6 Å². The van der Waals surface area contributed by atoms with Crippen LogP contribution in [0.3, 0.4) is 0 Å². The lowest BCUT2D eigenvalue weighted by atomic mass is 9.99. The number of aliphatic hydroxyl groups excluding tert-OH is 1. The van der Waals surface area contributed by atoms with Gasteiger partial charge in [-0.05, 0) is 43.4 Å². The maximum atomic E-state index is 13.1. The quantitative estimate of drug-likeness (QED) is 0.0222. The van der Waals surface area contributed by atoms with E-state index in [1.54, 1.807) is 0 Å². The number of esters is 4. The fourth-order valence-electron chi connectivity index (χ4n) is 11.4.